The van der Waals surface area contributed by atoms with E-state index in [0.717, 1.165) is 5.69 Å². The molecule has 0 spiro atoms. The molecule has 8 heteroatoms. The van der Waals surface area contributed by atoms with Crippen molar-refractivity contribution in [3.05, 3.63) is 39.6 Å². The highest BCUT2D eigenvalue weighted by molar-refractivity contribution is 6.42. The van der Waals surface area contributed by atoms with Crippen LogP contribution in [0.4, 0.5) is 5.69 Å². The first-order valence-electron chi connectivity index (χ1n) is 5.85. The largest absolute Gasteiger partial charge is 0.476 e. The SMILES string of the molecule is CCN(Cc1n[nH]nc1C(=O)O)c1ccc(Cl)c(Cl)c1. The summed E-state index contributed by atoms with van der Waals surface area (Å²) < 4.78 is 0. The summed E-state index contributed by atoms with van der Waals surface area (Å²) in [6.45, 7) is 2.92. The number of hydrogen-bond donors (Lipinski definition) is 2. The fraction of sp³-hybridized carbons (Fsp3) is 0.250. The van der Waals surface area contributed by atoms with Crippen LogP contribution in [-0.2, 0) is 6.54 Å². The van der Waals surface area contributed by atoms with E-state index >= 15 is 0 Å². The number of anilines is 1. The molecular formula is C12H12Cl2N4O2. The standard InChI is InChI=1S/C12H12Cl2N4O2/c1-2-18(7-3-4-8(13)9(14)5-7)6-10-11(12(19)20)16-17-15-10/h3-5H,2,6H2,1H3,(H,19,20)(H,15,16,17). The first-order valence-corrected chi connectivity index (χ1v) is 6.61. The molecule has 1 heterocycles. The number of nitrogens with one attached hydrogen (secondary N) is 1. The first kappa shape index (κ1) is 14.6. The van der Waals surface area contributed by atoms with Crippen LogP contribution >= 0.6 is 23.2 Å². The average Bonchev–Trinajstić information content (AvgIpc) is 2.87. The molecule has 0 saturated carbocycles. The summed E-state index contributed by atoms with van der Waals surface area (Å²) in [5.74, 6) is -1.11. The van der Waals surface area contributed by atoms with Gasteiger partial charge in [0.1, 0.15) is 5.69 Å². The van der Waals surface area contributed by atoms with Gasteiger partial charge in [0.25, 0.3) is 0 Å². The molecule has 0 atom stereocenters. The van der Waals surface area contributed by atoms with Gasteiger partial charge in [0.2, 0.25) is 0 Å². The minimum Gasteiger partial charge on any atom is -0.476 e. The van der Waals surface area contributed by atoms with Crippen molar-refractivity contribution >= 4 is 34.9 Å². The molecule has 2 aromatic rings. The molecule has 20 heavy (non-hydrogen) atoms. The van der Waals surface area contributed by atoms with Crippen molar-refractivity contribution in [2.75, 3.05) is 11.4 Å². The number of halogens is 2. The number of nitrogens with zero attached hydrogens (tertiary/aromatic N) is 3. The van der Waals surface area contributed by atoms with E-state index in [1.54, 1.807) is 12.1 Å². The highest BCUT2D eigenvalue weighted by atomic mass is 35.5. The maximum absolute atomic E-state index is 11.0. The van der Waals surface area contributed by atoms with Crippen LogP contribution in [0.5, 0.6) is 0 Å². The Kier molecular flexibility index (Phi) is 4.46. The quantitative estimate of drug-likeness (QED) is 0.886. The second-order valence-electron chi connectivity index (χ2n) is 4.04. The van der Waals surface area contributed by atoms with Crippen LogP contribution in [0, 0.1) is 0 Å². The van der Waals surface area contributed by atoms with Gasteiger partial charge in [0.05, 0.1) is 16.6 Å². The van der Waals surface area contributed by atoms with Crippen LogP contribution in [0.2, 0.25) is 10.0 Å². The third-order valence-corrected chi connectivity index (χ3v) is 3.55. The van der Waals surface area contributed by atoms with E-state index in [1.165, 1.54) is 0 Å². The fourth-order valence-electron chi connectivity index (χ4n) is 1.78. The number of carboxylic acids is 1. The minimum absolute atomic E-state index is 0.0801. The average molecular weight is 315 g/mol. The van der Waals surface area contributed by atoms with Crippen molar-refractivity contribution in [1.29, 1.82) is 0 Å². The molecule has 0 saturated heterocycles. The predicted octanol–water partition coefficient (Wildman–Crippen LogP) is 2.84. The molecule has 0 amide bonds. The smallest absolute Gasteiger partial charge is 0.358 e. The Morgan fingerprint density at radius 3 is 2.70 bits per heavy atom. The summed E-state index contributed by atoms with van der Waals surface area (Å²) in [5, 5.41) is 19.7. The Labute approximate surface area is 125 Å². The van der Waals surface area contributed by atoms with Crippen molar-refractivity contribution in [2.45, 2.75) is 13.5 Å². The van der Waals surface area contributed by atoms with Gasteiger partial charge in [-0.1, -0.05) is 23.2 Å². The van der Waals surface area contributed by atoms with Crippen molar-refractivity contribution in [3.63, 3.8) is 0 Å². The number of H-pyrrole nitrogens is 1. The Hall–Kier alpha value is -1.79. The Bertz CT molecular complexity index is 630. The summed E-state index contributed by atoms with van der Waals surface area (Å²) in [6.07, 6.45) is 0. The maximum atomic E-state index is 11.0. The lowest BCUT2D eigenvalue weighted by Crippen LogP contribution is -2.23. The number of carboxylic acid groups (broad SMARTS) is 1. The lowest BCUT2D eigenvalue weighted by molar-refractivity contribution is 0.0689. The maximum Gasteiger partial charge on any atom is 0.358 e. The molecule has 106 valence electrons. The Balaban J connectivity index is 2.26. The molecule has 0 unspecified atom stereocenters. The minimum atomic E-state index is -1.11. The summed E-state index contributed by atoms with van der Waals surface area (Å²) in [6, 6.07) is 5.24. The van der Waals surface area contributed by atoms with Gasteiger partial charge in [0, 0.05) is 12.2 Å². The van der Waals surface area contributed by atoms with Gasteiger partial charge in [-0.2, -0.15) is 10.3 Å². The zero-order valence-corrected chi connectivity index (χ0v) is 12.1. The molecule has 0 aliphatic carbocycles. The van der Waals surface area contributed by atoms with Gasteiger partial charge in [-0.15, -0.1) is 5.10 Å². The number of aromatic nitrogens is 3. The molecule has 2 rings (SSSR count). The highest BCUT2D eigenvalue weighted by Crippen LogP contribution is 2.27. The third kappa shape index (κ3) is 3.02. The van der Waals surface area contributed by atoms with Gasteiger partial charge in [0.15, 0.2) is 5.69 Å². The second kappa shape index (κ2) is 6.11. The van der Waals surface area contributed by atoms with Gasteiger partial charge in [-0.25, -0.2) is 4.79 Å². The lowest BCUT2D eigenvalue weighted by Gasteiger charge is -2.22. The molecule has 6 nitrogen and oxygen atoms in total. The van der Waals surface area contributed by atoms with Gasteiger partial charge in [-0.05, 0) is 25.1 Å². The van der Waals surface area contributed by atoms with E-state index in [4.69, 9.17) is 28.3 Å². The van der Waals surface area contributed by atoms with E-state index in [1.807, 2.05) is 17.9 Å². The number of rotatable bonds is 5. The molecule has 2 N–H and O–H groups in total. The highest BCUT2D eigenvalue weighted by Gasteiger charge is 2.18. The summed E-state index contributed by atoms with van der Waals surface area (Å²) in [7, 11) is 0. The van der Waals surface area contributed by atoms with Crippen molar-refractivity contribution < 1.29 is 9.90 Å². The van der Waals surface area contributed by atoms with Crippen LogP contribution in [0.15, 0.2) is 18.2 Å². The van der Waals surface area contributed by atoms with Crippen molar-refractivity contribution in [2.24, 2.45) is 0 Å². The summed E-state index contributed by atoms with van der Waals surface area (Å²) >= 11 is 11.9. The predicted molar refractivity (Wildman–Crippen MR) is 76.5 cm³/mol. The van der Waals surface area contributed by atoms with Crippen molar-refractivity contribution in [3.8, 4) is 0 Å². The topological polar surface area (TPSA) is 82.1 Å². The molecule has 0 aliphatic rings. The number of benzene rings is 1. The van der Waals surface area contributed by atoms with Crippen LogP contribution in [0.1, 0.15) is 23.1 Å². The van der Waals surface area contributed by atoms with Crippen LogP contribution in [0.25, 0.3) is 0 Å². The molecule has 0 fully saturated rings. The third-order valence-electron chi connectivity index (χ3n) is 2.81. The number of aromatic carboxylic acids is 1. The zero-order chi connectivity index (χ0) is 14.7. The molecular weight excluding hydrogens is 303 g/mol. The summed E-state index contributed by atoms with van der Waals surface area (Å²) in [4.78, 5) is 12.9. The molecule has 1 aromatic carbocycles. The van der Waals surface area contributed by atoms with Crippen LogP contribution < -0.4 is 4.90 Å². The van der Waals surface area contributed by atoms with E-state index in [9.17, 15) is 4.79 Å². The Morgan fingerprint density at radius 2 is 2.10 bits per heavy atom. The molecule has 0 radical (unpaired) electrons. The van der Waals surface area contributed by atoms with E-state index < -0.39 is 5.97 Å². The van der Waals surface area contributed by atoms with Crippen LogP contribution in [0.3, 0.4) is 0 Å². The summed E-state index contributed by atoms with van der Waals surface area (Å²) in [5.41, 5.74) is 1.12. The number of carbonyl (C=O) groups is 1. The first-order chi connectivity index (χ1) is 9.52. The monoisotopic (exact) mass is 314 g/mol. The van der Waals surface area contributed by atoms with Crippen molar-refractivity contribution in [1.82, 2.24) is 15.4 Å². The van der Waals surface area contributed by atoms with E-state index in [2.05, 4.69) is 15.4 Å². The normalized spacial score (nSPS) is 10.6. The zero-order valence-electron chi connectivity index (χ0n) is 10.6. The van der Waals surface area contributed by atoms with Gasteiger partial charge in [-0.3, -0.25) is 0 Å². The van der Waals surface area contributed by atoms with Gasteiger partial charge >= 0.3 is 5.97 Å². The number of aromatic amines is 1. The second-order valence-corrected chi connectivity index (χ2v) is 4.85. The lowest BCUT2D eigenvalue weighted by atomic mass is 10.2. The van der Waals surface area contributed by atoms with Crippen LogP contribution in [-0.4, -0.2) is 33.0 Å². The van der Waals surface area contributed by atoms with Gasteiger partial charge < -0.3 is 10.0 Å². The molecule has 1 aromatic heterocycles. The fourth-order valence-corrected chi connectivity index (χ4v) is 2.07. The van der Waals surface area contributed by atoms with E-state index in [0.29, 0.717) is 28.8 Å². The Morgan fingerprint density at radius 1 is 1.35 bits per heavy atom. The number of hydrogen-bond acceptors (Lipinski definition) is 4. The molecule has 0 bridgehead atoms. The van der Waals surface area contributed by atoms with E-state index in [-0.39, 0.29) is 5.69 Å². The molecule has 0 aliphatic heterocycles.